The van der Waals surface area contributed by atoms with Gasteiger partial charge in [0.1, 0.15) is 10.3 Å². The molecule has 0 saturated carbocycles. The number of benzene rings is 1. The van der Waals surface area contributed by atoms with Crippen LogP contribution in [-0.4, -0.2) is 31.2 Å². The molecule has 3 rings (SSSR count). The summed E-state index contributed by atoms with van der Waals surface area (Å²) in [4.78, 5) is 12.5. The van der Waals surface area contributed by atoms with Crippen molar-refractivity contribution in [3.63, 3.8) is 0 Å². The van der Waals surface area contributed by atoms with Crippen LogP contribution >= 0.6 is 11.3 Å². The Morgan fingerprint density at radius 2 is 2.17 bits per heavy atom. The molecule has 6 nitrogen and oxygen atoms in total. The monoisotopic (exact) mass is 361 g/mol. The lowest BCUT2D eigenvalue weighted by molar-refractivity contribution is -0.119. The van der Waals surface area contributed by atoms with Crippen LogP contribution in [0.5, 0.6) is 0 Å². The summed E-state index contributed by atoms with van der Waals surface area (Å²) in [5.74, 6) is -0.372. The van der Waals surface area contributed by atoms with Crippen LogP contribution in [0.25, 0.3) is 0 Å². The van der Waals surface area contributed by atoms with Gasteiger partial charge in [0.25, 0.3) is 10.0 Å². The Bertz CT molecular complexity index is 886. The van der Waals surface area contributed by atoms with Gasteiger partial charge in [0.05, 0.1) is 11.6 Å². The van der Waals surface area contributed by atoms with Gasteiger partial charge < -0.3 is 5.32 Å². The van der Waals surface area contributed by atoms with Crippen LogP contribution in [0.1, 0.15) is 18.4 Å². The normalized spacial score (nSPS) is 18.2. The van der Waals surface area contributed by atoms with Gasteiger partial charge in [-0.15, -0.1) is 11.3 Å². The molecule has 1 aromatic carbocycles. The topological polar surface area (TPSA) is 90.3 Å². The molecule has 1 fully saturated rings. The van der Waals surface area contributed by atoms with Crippen molar-refractivity contribution in [3.05, 3.63) is 47.3 Å². The predicted octanol–water partition coefficient (Wildman–Crippen LogP) is 2.41. The van der Waals surface area contributed by atoms with Crippen molar-refractivity contribution >= 4 is 33.0 Å². The number of thiophene rings is 1. The second-order valence-corrected chi connectivity index (χ2v) is 8.45. The summed E-state index contributed by atoms with van der Waals surface area (Å²) >= 11 is 1.14. The summed E-state index contributed by atoms with van der Waals surface area (Å²) in [6.45, 7) is 0.330. The van der Waals surface area contributed by atoms with Crippen molar-refractivity contribution < 1.29 is 13.2 Å². The fourth-order valence-electron chi connectivity index (χ4n) is 2.71. The Balaban J connectivity index is 1.80. The molecular formula is C16H15N3O3S2. The number of nitrogens with zero attached hydrogens (tertiary/aromatic N) is 2. The zero-order valence-corrected chi connectivity index (χ0v) is 14.3. The third kappa shape index (κ3) is 3.19. The standard InChI is InChI=1S/C16H15N3O3S2/c17-11-12-4-1-5-13(10-12)18-16(20)14-6-2-8-19(14)24(21,22)15-7-3-9-23-15/h1,3-5,7,9-10,14H,2,6,8H2,(H,18,20). The summed E-state index contributed by atoms with van der Waals surface area (Å²) in [5, 5.41) is 13.3. The molecule has 1 saturated heterocycles. The van der Waals surface area contributed by atoms with Crippen molar-refractivity contribution in [1.82, 2.24) is 4.31 Å². The van der Waals surface area contributed by atoms with Gasteiger partial charge in [0.15, 0.2) is 0 Å². The summed E-state index contributed by atoms with van der Waals surface area (Å²) in [6, 6.07) is 11.0. The van der Waals surface area contributed by atoms with Crippen molar-refractivity contribution in [2.75, 3.05) is 11.9 Å². The molecule has 1 aliphatic heterocycles. The van der Waals surface area contributed by atoms with E-state index >= 15 is 0 Å². The van der Waals surface area contributed by atoms with Gasteiger partial charge >= 0.3 is 0 Å². The van der Waals surface area contributed by atoms with Gasteiger partial charge in [-0.25, -0.2) is 8.42 Å². The SMILES string of the molecule is N#Cc1cccc(NC(=O)C2CCCN2S(=O)(=O)c2cccs2)c1. The highest BCUT2D eigenvalue weighted by Gasteiger charge is 2.39. The molecular weight excluding hydrogens is 346 g/mol. The van der Waals surface area contributed by atoms with Crippen molar-refractivity contribution in [2.24, 2.45) is 0 Å². The van der Waals surface area contributed by atoms with E-state index < -0.39 is 16.1 Å². The summed E-state index contributed by atoms with van der Waals surface area (Å²) in [5.41, 5.74) is 0.918. The lowest BCUT2D eigenvalue weighted by Gasteiger charge is -2.22. The van der Waals surface area contributed by atoms with E-state index in [-0.39, 0.29) is 10.1 Å². The molecule has 24 heavy (non-hydrogen) atoms. The van der Waals surface area contributed by atoms with Gasteiger partial charge in [0, 0.05) is 12.2 Å². The molecule has 0 aliphatic carbocycles. The summed E-state index contributed by atoms with van der Waals surface area (Å²) in [7, 11) is -3.66. The lowest BCUT2D eigenvalue weighted by atomic mass is 10.2. The Labute approximate surface area is 144 Å². The largest absolute Gasteiger partial charge is 0.325 e. The van der Waals surface area contributed by atoms with Crippen LogP contribution in [-0.2, 0) is 14.8 Å². The maximum absolute atomic E-state index is 12.7. The van der Waals surface area contributed by atoms with Gasteiger partial charge in [-0.3, -0.25) is 4.79 Å². The molecule has 0 bridgehead atoms. The number of carbonyl (C=O) groups excluding carboxylic acids is 1. The van der Waals surface area contributed by atoms with Gasteiger partial charge in [-0.05, 0) is 42.5 Å². The number of hydrogen-bond donors (Lipinski definition) is 1. The molecule has 0 radical (unpaired) electrons. The molecule has 124 valence electrons. The van der Waals surface area contributed by atoms with Crippen molar-refractivity contribution in [3.8, 4) is 6.07 Å². The van der Waals surface area contributed by atoms with Gasteiger partial charge in [-0.2, -0.15) is 9.57 Å². The zero-order valence-electron chi connectivity index (χ0n) is 12.7. The second kappa shape index (κ2) is 6.73. The van der Waals surface area contributed by atoms with Crippen molar-refractivity contribution in [1.29, 1.82) is 5.26 Å². The molecule has 1 unspecified atom stereocenters. The van der Waals surface area contributed by atoms with E-state index in [0.717, 1.165) is 11.3 Å². The Morgan fingerprint density at radius 1 is 1.33 bits per heavy atom. The average Bonchev–Trinajstić information content (AvgIpc) is 3.26. The Morgan fingerprint density at radius 3 is 2.88 bits per heavy atom. The first-order valence-electron chi connectivity index (χ1n) is 7.39. The maximum atomic E-state index is 12.7. The van der Waals surface area contributed by atoms with Crippen LogP contribution in [0.3, 0.4) is 0 Å². The van der Waals surface area contributed by atoms with E-state index in [1.54, 1.807) is 41.8 Å². The average molecular weight is 361 g/mol. The highest BCUT2D eigenvalue weighted by Crippen LogP contribution is 2.29. The van der Waals surface area contributed by atoms with Crippen LogP contribution in [0.15, 0.2) is 46.0 Å². The highest BCUT2D eigenvalue weighted by molar-refractivity contribution is 7.91. The van der Waals surface area contributed by atoms with Gasteiger partial charge in [0.2, 0.25) is 5.91 Å². The zero-order chi connectivity index (χ0) is 17.2. The number of hydrogen-bond acceptors (Lipinski definition) is 5. The molecule has 1 aliphatic rings. The molecule has 1 atom stereocenters. The van der Waals surface area contributed by atoms with E-state index in [0.29, 0.717) is 30.6 Å². The van der Waals surface area contributed by atoms with Crippen molar-refractivity contribution in [2.45, 2.75) is 23.1 Å². The number of carbonyl (C=O) groups is 1. The third-order valence-corrected chi connectivity index (χ3v) is 7.10. The van der Waals surface area contributed by atoms with Crippen LogP contribution in [0.4, 0.5) is 5.69 Å². The van der Waals surface area contributed by atoms with Gasteiger partial charge in [-0.1, -0.05) is 12.1 Å². The molecule has 1 aromatic heterocycles. The maximum Gasteiger partial charge on any atom is 0.253 e. The van der Waals surface area contributed by atoms with Crippen LogP contribution in [0, 0.1) is 11.3 Å². The number of rotatable bonds is 4. The lowest BCUT2D eigenvalue weighted by Crippen LogP contribution is -2.42. The van der Waals surface area contributed by atoms with E-state index in [1.165, 1.54) is 4.31 Å². The predicted molar refractivity (Wildman–Crippen MR) is 91.0 cm³/mol. The molecule has 2 aromatic rings. The number of nitrogens with one attached hydrogen (secondary N) is 1. The first-order chi connectivity index (χ1) is 11.5. The smallest absolute Gasteiger partial charge is 0.253 e. The first kappa shape index (κ1) is 16.6. The minimum Gasteiger partial charge on any atom is -0.325 e. The Kier molecular flexibility index (Phi) is 4.66. The number of amides is 1. The van der Waals surface area contributed by atoms with E-state index in [9.17, 15) is 13.2 Å². The summed E-state index contributed by atoms with van der Waals surface area (Å²) in [6.07, 6.45) is 1.12. The Hall–Kier alpha value is -2.21. The highest BCUT2D eigenvalue weighted by atomic mass is 32.2. The van der Waals surface area contributed by atoms with E-state index in [4.69, 9.17) is 5.26 Å². The van der Waals surface area contributed by atoms with E-state index in [2.05, 4.69) is 5.32 Å². The van der Waals surface area contributed by atoms with Crippen LogP contribution in [0.2, 0.25) is 0 Å². The minimum atomic E-state index is -3.66. The fraction of sp³-hybridized carbons (Fsp3) is 0.250. The third-order valence-electron chi connectivity index (χ3n) is 3.82. The summed E-state index contributed by atoms with van der Waals surface area (Å²) < 4.78 is 26.9. The quantitative estimate of drug-likeness (QED) is 0.905. The number of sulfonamides is 1. The molecule has 1 amide bonds. The minimum absolute atomic E-state index is 0.244. The molecule has 0 spiro atoms. The first-order valence-corrected chi connectivity index (χ1v) is 9.71. The molecule has 8 heteroatoms. The molecule has 1 N–H and O–H groups in total. The van der Waals surface area contributed by atoms with E-state index in [1.807, 2.05) is 6.07 Å². The fourth-order valence-corrected chi connectivity index (χ4v) is 5.48. The number of anilines is 1. The number of nitriles is 1. The molecule has 2 heterocycles. The second-order valence-electron chi connectivity index (χ2n) is 5.39. The van der Waals surface area contributed by atoms with Crippen LogP contribution < -0.4 is 5.32 Å².